The summed E-state index contributed by atoms with van der Waals surface area (Å²) in [5, 5.41) is 5.01. The summed E-state index contributed by atoms with van der Waals surface area (Å²) >= 11 is 0. The number of para-hydroxylation sites is 1. The molecule has 0 radical (unpaired) electrons. The van der Waals surface area contributed by atoms with Gasteiger partial charge in [0.05, 0.1) is 6.54 Å². The molecule has 0 aliphatic rings. The maximum Gasteiger partial charge on any atom is 0.387 e. The number of hydrogen-bond acceptors (Lipinski definition) is 3. The fourth-order valence-corrected chi connectivity index (χ4v) is 1.59. The van der Waals surface area contributed by atoms with Crippen LogP contribution < -0.4 is 15.4 Å². The minimum Gasteiger partial charge on any atom is -0.434 e. The molecular weight excluding hydrogens is 294 g/mol. The monoisotopic (exact) mass is 312 g/mol. The molecule has 0 heterocycles. The zero-order valence-corrected chi connectivity index (χ0v) is 12.3. The Hall–Kier alpha value is -2.44. The molecule has 0 bridgehead atoms. The molecule has 5 nitrogen and oxygen atoms in total. The van der Waals surface area contributed by atoms with Crippen LogP contribution in [0.1, 0.15) is 19.4 Å². The second-order valence-electron chi connectivity index (χ2n) is 4.69. The van der Waals surface area contributed by atoms with E-state index in [-0.39, 0.29) is 24.2 Å². The lowest BCUT2D eigenvalue weighted by molar-refractivity contribution is -0.124. The van der Waals surface area contributed by atoms with Crippen LogP contribution in [0.5, 0.6) is 5.75 Å². The van der Waals surface area contributed by atoms with Gasteiger partial charge >= 0.3 is 6.61 Å². The number of carbonyl (C=O) groups excluding carboxylic acids is 2. The van der Waals surface area contributed by atoms with E-state index in [0.29, 0.717) is 5.56 Å². The van der Waals surface area contributed by atoms with Crippen molar-refractivity contribution in [3.8, 4) is 5.75 Å². The lowest BCUT2D eigenvalue weighted by Crippen LogP contribution is -2.39. The quantitative estimate of drug-likeness (QED) is 0.756. The predicted octanol–water partition coefficient (Wildman–Crippen LogP) is 1.94. The molecule has 22 heavy (non-hydrogen) atoms. The average molecular weight is 312 g/mol. The maximum atomic E-state index is 12.2. The molecule has 2 amide bonds. The van der Waals surface area contributed by atoms with Gasteiger partial charge in [-0.1, -0.05) is 18.2 Å². The third-order valence-corrected chi connectivity index (χ3v) is 2.42. The number of ether oxygens (including phenoxy) is 1. The van der Waals surface area contributed by atoms with Crippen molar-refractivity contribution >= 4 is 17.9 Å². The Labute approximate surface area is 127 Å². The van der Waals surface area contributed by atoms with Gasteiger partial charge in [0.1, 0.15) is 5.75 Å². The SMILES string of the molecule is CC(C)NC(=O)CNC(=O)/C=C/c1ccccc1OC(F)F. The van der Waals surface area contributed by atoms with Gasteiger partial charge in [-0.15, -0.1) is 0 Å². The number of amides is 2. The van der Waals surface area contributed by atoms with Crippen LogP contribution in [0.2, 0.25) is 0 Å². The van der Waals surface area contributed by atoms with Crippen LogP contribution in [0.4, 0.5) is 8.78 Å². The van der Waals surface area contributed by atoms with E-state index in [1.165, 1.54) is 18.2 Å². The summed E-state index contributed by atoms with van der Waals surface area (Å²) in [6.07, 6.45) is 2.49. The van der Waals surface area contributed by atoms with E-state index in [0.717, 1.165) is 6.08 Å². The number of hydrogen-bond donors (Lipinski definition) is 2. The summed E-state index contributed by atoms with van der Waals surface area (Å²) in [6.45, 7) is 0.512. The third-order valence-electron chi connectivity index (χ3n) is 2.42. The lowest BCUT2D eigenvalue weighted by atomic mass is 10.2. The van der Waals surface area contributed by atoms with E-state index in [4.69, 9.17) is 0 Å². The number of halogens is 2. The summed E-state index contributed by atoms with van der Waals surface area (Å²) in [6, 6.07) is 6.07. The van der Waals surface area contributed by atoms with Gasteiger partial charge in [-0.25, -0.2) is 0 Å². The molecule has 0 aliphatic heterocycles. The van der Waals surface area contributed by atoms with E-state index < -0.39 is 12.5 Å². The second-order valence-corrected chi connectivity index (χ2v) is 4.69. The first kappa shape index (κ1) is 17.6. The topological polar surface area (TPSA) is 67.4 Å². The first-order chi connectivity index (χ1) is 10.4. The number of nitrogens with one attached hydrogen (secondary N) is 2. The molecule has 0 atom stereocenters. The van der Waals surface area contributed by atoms with E-state index in [2.05, 4.69) is 15.4 Å². The van der Waals surface area contributed by atoms with Gasteiger partial charge < -0.3 is 15.4 Å². The normalized spacial score (nSPS) is 11.0. The van der Waals surface area contributed by atoms with Crippen LogP contribution in [-0.4, -0.2) is 31.0 Å². The summed E-state index contributed by atoms with van der Waals surface area (Å²) in [4.78, 5) is 22.9. The van der Waals surface area contributed by atoms with Crippen LogP contribution in [-0.2, 0) is 9.59 Å². The third kappa shape index (κ3) is 6.83. The standard InChI is InChI=1S/C15H18F2N2O3/c1-10(2)19-14(21)9-18-13(20)8-7-11-5-3-4-6-12(11)22-15(16)17/h3-8,10,15H,9H2,1-2H3,(H,18,20)(H,19,21)/b8-7+. The Morgan fingerprint density at radius 3 is 2.59 bits per heavy atom. The number of rotatable bonds is 7. The molecule has 1 aromatic carbocycles. The van der Waals surface area contributed by atoms with E-state index >= 15 is 0 Å². The summed E-state index contributed by atoms with van der Waals surface area (Å²) < 4.78 is 28.8. The molecule has 0 unspecified atom stereocenters. The van der Waals surface area contributed by atoms with Gasteiger partial charge in [-0.2, -0.15) is 8.78 Å². The van der Waals surface area contributed by atoms with Crippen molar-refractivity contribution in [2.75, 3.05) is 6.54 Å². The molecule has 120 valence electrons. The van der Waals surface area contributed by atoms with Crippen LogP contribution in [0, 0.1) is 0 Å². The molecular formula is C15H18F2N2O3. The van der Waals surface area contributed by atoms with Crippen LogP contribution in [0.3, 0.4) is 0 Å². The molecule has 0 aromatic heterocycles. The lowest BCUT2D eigenvalue weighted by Gasteiger charge is -2.08. The molecule has 1 rings (SSSR count). The highest BCUT2D eigenvalue weighted by atomic mass is 19.3. The average Bonchev–Trinajstić information content (AvgIpc) is 2.43. The van der Waals surface area contributed by atoms with Crippen molar-refractivity contribution in [2.24, 2.45) is 0 Å². The molecule has 0 saturated heterocycles. The van der Waals surface area contributed by atoms with Crippen molar-refractivity contribution in [3.05, 3.63) is 35.9 Å². The maximum absolute atomic E-state index is 12.2. The van der Waals surface area contributed by atoms with E-state index in [1.54, 1.807) is 26.0 Å². The van der Waals surface area contributed by atoms with Gasteiger partial charge in [-0.05, 0) is 26.0 Å². The van der Waals surface area contributed by atoms with E-state index in [1.807, 2.05) is 0 Å². The zero-order valence-electron chi connectivity index (χ0n) is 12.3. The molecule has 1 aromatic rings. The van der Waals surface area contributed by atoms with Crippen molar-refractivity contribution in [1.29, 1.82) is 0 Å². The van der Waals surface area contributed by atoms with Crippen LogP contribution in [0.25, 0.3) is 6.08 Å². The highest BCUT2D eigenvalue weighted by Crippen LogP contribution is 2.21. The smallest absolute Gasteiger partial charge is 0.387 e. The van der Waals surface area contributed by atoms with E-state index in [9.17, 15) is 18.4 Å². The van der Waals surface area contributed by atoms with Crippen molar-refractivity contribution in [1.82, 2.24) is 10.6 Å². The van der Waals surface area contributed by atoms with Gasteiger partial charge in [-0.3, -0.25) is 9.59 Å². The summed E-state index contributed by atoms with van der Waals surface area (Å²) in [5.41, 5.74) is 0.338. The Morgan fingerprint density at radius 1 is 1.27 bits per heavy atom. The first-order valence-corrected chi connectivity index (χ1v) is 6.67. The zero-order chi connectivity index (χ0) is 16.5. The van der Waals surface area contributed by atoms with Crippen molar-refractivity contribution in [3.63, 3.8) is 0 Å². The Morgan fingerprint density at radius 2 is 1.95 bits per heavy atom. The molecule has 2 N–H and O–H groups in total. The van der Waals surface area contributed by atoms with Gasteiger partial charge in [0, 0.05) is 17.7 Å². The highest BCUT2D eigenvalue weighted by Gasteiger charge is 2.08. The van der Waals surface area contributed by atoms with Crippen LogP contribution >= 0.6 is 0 Å². The number of carbonyl (C=O) groups is 2. The summed E-state index contributed by atoms with van der Waals surface area (Å²) in [5.74, 6) is -0.844. The molecule has 0 saturated carbocycles. The Bertz CT molecular complexity index is 545. The Kier molecular flexibility index (Phi) is 7.01. The van der Waals surface area contributed by atoms with Gasteiger partial charge in [0.2, 0.25) is 11.8 Å². The fourth-order valence-electron chi connectivity index (χ4n) is 1.59. The first-order valence-electron chi connectivity index (χ1n) is 6.67. The van der Waals surface area contributed by atoms with Gasteiger partial charge in [0.15, 0.2) is 0 Å². The van der Waals surface area contributed by atoms with Crippen molar-refractivity contribution < 1.29 is 23.1 Å². The molecule has 0 fully saturated rings. The largest absolute Gasteiger partial charge is 0.434 e. The predicted molar refractivity (Wildman–Crippen MR) is 78.4 cm³/mol. The molecule has 0 spiro atoms. The molecule has 0 aliphatic carbocycles. The fraction of sp³-hybridized carbons (Fsp3) is 0.333. The number of benzene rings is 1. The minimum absolute atomic E-state index is 0.0154. The minimum atomic E-state index is -2.94. The Balaban J connectivity index is 2.57. The second kappa shape index (κ2) is 8.76. The molecule has 7 heteroatoms. The van der Waals surface area contributed by atoms with Crippen molar-refractivity contribution in [2.45, 2.75) is 26.5 Å². The summed E-state index contributed by atoms with van der Waals surface area (Å²) in [7, 11) is 0. The van der Waals surface area contributed by atoms with Crippen LogP contribution in [0.15, 0.2) is 30.3 Å². The highest BCUT2D eigenvalue weighted by molar-refractivity contribution is 5.94. The number of alkyl halides is 2. The van der Waals surface area contributed by atoms with Gasteiger partial charge in [0.25, 0.3) is 0 Å².